The van der Waals surface area contributed by atoms with Gasteiger partial charge < -0.3 is 9.84 Å². The fourth-order valence-electron chi connectivity index (χ4n) is 3.89. The standard InChI is InChI=1S/C16H29NO5S/c1-2-23(20,21)17-11-13-12(14-9-10-15(13)22-14)7-5-3-4-6-8-16(18)19/h12-15,17H,2-11H2,1H3,(H,18,19)/t12-,13+,14-,15+/m1/s1. The van der Waals surface area contributed by atoms with E-state index in [1.807, 2.05) is 0 Å². The molecule has 7 heteroatoms. The molecule has 0 aromatic rings. The van der Waals surface area contributed by atoms with E-state index in [1.165, 1.54) is 0 Å². The van der Waals surface area contributed by atoms with Crippen LogP contribution in [0.1, 0.15) is 58.3 Å². The zero-order valence-corrected chi connectivity index (χ0v) is 14.7. The normalized spacial score (nSPS) is 30.0. The van der Waals surface area contributed by atoms with Gasteiger partial charge in [-0.25, -0.2) is 13.1 Å². The van der Waals surface area contributed by atoms with E-state index in [0.717, 1.165) is 44.9 Å². The van der Waals surface area contributed by atoms with Crippen LogP contribution < -0.4 is 4.72 Å². The van der Waals surface area contributed by atoms with Crippen LogP contribution in [0.3, 0.4) is 0 Å². The van der Waals surface area contributed by atoms with Crippen molar-refractivity contribution < 1.29 is 23.1 Å². The van der Waals surface area contributed by atoms with Gasteiger partial charge in [-0.1, -0.05) is 19.3 Å². The molecule has 0 amide bonds. The van der Waals surface area contributed by atoms with Gasteiger partial charge in [-0.15, -0.1) is 0 Å². The molecule has 6 nitrogen and oxygen atoms in total. The molecule has 2 heterocycles. The smallest absolute Gasteiger partial charge is 0.303 e. The fourth-order valence-corrected chi connectivity index (χ4v) is 4.54. The van der Waals surface area contributed by atoms with E-state index in [4.69, 9.17) is 9.84 Å². The lowest BCUT2D eigenvalue weighted by Gasteiger charge is -2.28. The molecule has 4 atom stereocenters. The number of carboxylic acid groups (broad SMARTS) is 1. The summed E-state index contributed by atoms with van der Waals surface area (Å²) in [5.41, 5.74) is 0. The van der Waals surface area contributed by atoms with Gasteiger partial charge in [0.2, 0.25) is 10.0 Å². The van der Waals surface area contributed by atoms with Crippen LogP contribution in [0.4, 0.5) is 0 Å². The molecule has 2 bridgehead atoms. The summed E-state index contributed by atoms with van der Waals surface area (Å²) in [6.07, 6.45) is 7.70. The Kier molecular flexibility index (Phi) is 6.85. The van der Waals surface area contributed by atoms with Crippen LogP contribution in [-0.4, -0.2) is 44.0 Å². The molecule has 2 saturated heterocycles. The van der Waals surface area contributed by atoms with Crippen LogP contribution in [0.25, 0.3) is 0 Å². The second-order valence-corrected chi connectivity index (χ2v) is 8.81. The summed E-state index contributed by atoms with van der Waals surface area (Å²) in [5.74, 6) is 0.111. The Bertz CT molecular complexity index is 493. The lowest BCUT2D eigenvalue weighted by Crippen LogP contribution is -2.38. The third-order valence-corrected chi connectivity index (χ3v) is 6.55. The predicted octanol–water partition coefficient (Wildman–Crippen LogP) is 2.14. The van der Waals surface area contributed by atoms with Crippen LogP contribution in [-0.2, 0) is 19.6 Å². The molecular weight excluding hydrogens is 318 g/mol. The van der Waals surface area contributed by atoms with E-state index in [9.17, 15) is 13.2 Å². The van der Waals surface area contributed by atoms with Gasteiger partial charge in [-0.2, -0.15) is 0 Å². The Morgan fingerprint density at radius 3 is 2.43 bits per heavy atom. The van der Waals surface area contributed by atoms with Crippen LogP contribution in [0, 0.1) is 11.8 Å². The van der Waals surface area contributed by atoms with Crippen molar-refractivity contribution in [3.05, 3.63) is 0 Å². The maximum absolute atomic E-state index is 11.7. The molecule has 2 fully saturated rings. The van der Waals surface area contributed by atoms with Gasteiger partial charge in [0.05, 0.1) is 18.0 Å². The molecule has 0 saturated carbocycles. The highest BCUT2D eigenvalue weighted by molar-refractivity contribution is 7.89. The number of hydrogen-bond donors (Lipinski definition) is 2. The summed E-state index contributed by atoms with van der Waals surface area (Å²) >= 11 is 0. The highest BCUT2D eigenvalue weighted by Crippen LogP contribution is 2.45. The molecule has 0 aromatic heterocycles. The number of ether oxygens (including phenoxy) is 1. The molecule has 23 heavy (non-hydrogen) atoms. The molecular formula is C16H29NO5S. The second kappa shape index (κ2) is 8.44. The van der Waals surface area contributed by atoms with Gasteiger partial charge in [0.15, 0.2) is 0 Å². The summed E-state index contributed by atoms with van der Waals surface area (Å²) in [4.78, 5) is 10.5. The molecule has 0 spiro atoms. The summed E-state index contributed by atoms with van der Waals surface area (Å²) in [5, 5.41) is 8.62. The lowest BCUT2D eigenvalue weighted by atomic mass is 9.76. The summed E-state index contributed by atoms with van der Waals surface area (Å²) in [6.45, 7) is 2.13. The largest absolute Gasteiger partial charge is 0.481 e. The SMILES string of the molecule is CCS(=O)(=O)NC[C@H]1[C@@H](CCCCCCC(=O)O)[C@H]2CC[C@@H]1O2. The second-order valence-electron chi connectivity index (χ2n) is 6.72. The summed E-state index contributed by atoms with van der Waals surface area (Å²) < 4.78 is 32.0. The first-order valence-electron chi connectivity index (χ1n) is 8.77. The first kappa shape index (κ1) is 18.7. The van der Waals surface area contributed by atoms with E-state index < -0.39 is 16.0 Å². The van der Waals surface area contributed by atoms with Crippen molar-refractivity contribution in [2.45, 2.75) is 70.5 Å². The van der Waals surface area contributed by atoms with Crippen molar-refractivity contribution in [1.82, 2.24) is 4.72 Å². The van der Waals surface area contributed by atoms with Crippen molar-refractivity contribution in [3.63, 3.8) is 0 Å². The third kappa shape index (κ3) is 5.43. The number of carbonyl (C=O) groups is 1. The topological polar surface area (TPSA) is 92.7 Å². The first-order valence-corrected chi connectivity index (χ1v) is 10.4. The predicted molar refractivity (Wildman–Crippen MR) is 87.7 cm³/mol. The van der Waals surface area contributed by atoms with Crippen molar-refractivity contribution in [1.29, 1.82) is 0 Å². The maximum atomic E-state index is 11.7. The van der Waals surface area contributed by atoms with Crippen LogP contribution in [0.2, 0.25) is 0 Å². The van der Waals surface area contributed by atoms with Crippen LogP contribution >= 0.6 is 0 Å². The van der Waals surface area contributed by atoms with Gasteiger partial charge in [-0.3, -0.25) is 4.79 Å². The minimum Gasteiger partial charge on any atom is -0.481 e. The number of nitrogens with one attached hydrogen (secondary N) is 1. The minimum atomic E-state index is -3.15. The molecule has 0 radical (unpaired) electrons. The number of rotatable bonds is 11. The van der Waals surface area contributed by atoms with Gasteiger partial charge in [0, 0.05) is 18.9 Å². The van der Waals surface area contributed by atoms with Crippen molar-refractivity contribution in [3.8, 4) is 0 Å². The summed E-state index contributed by atoms with van der Waals surface area (Å²) in [6, 6.07) is 0. The molecule has 2 aliphatic rings. The Hall–Kier alpha value is -0.660. The maximum Gasteiger partial charge on any atom is 0.303 e. The molecule has 2 N–H and O–H groups in total. The van der Waals surface area contributed by atoms with E-state index in [0.29, 0.717) is 12.5 Å². The number of hydrogen-bond acceptors (Lipinski definition) is 4. The average Bonchev–Trinajstić information content (AvgIpc) is 3.10. The van der Waals surface area contributed by atoms with Crippen molar-refractivity contribution in [2.75, 3.05) is 12.3 Å². The quantitative estimate of drug-likeness (QED) is 0.559. The Labute approximate surface area is 139 Å². The van der Waals surface area contributed by atoms with E-state index in [1.54, 1.807) is 6.92 Å². The minimum absolute atomic E-state index is 0.114. The van der Waals surface area contributed by atoms with Gasteiger partial charge >= 0.3 is 5.97 Å². The van der Waals surface area contributed by atoms with E-state index >= 15 is 0 Å². The highest BCUT2D eigenvalue weighted by atomic mass is 32.2. The van der Waals surface area contributed by atoms with Crippen LogP contribution in [0.15, 0.2) is 0 Å². The highest BCUT2D eigenvalue weighted by Gasteiger charge is 2.48. The molecule has 0 aromatic carbocycles. The van der Waals surface area contributed by atoms with Crippen molar-refractivity contribution in [2.24, 2.45) is 11.8 Å². The molecule has 0 unspecified atom stereocenters. The zero-order chi connectivity index (χ0) is 16.9. The number of sulfonamides is 1. The Morgan fingerprint density at radius 1 is 1.13 bits per heavy atom. The summed E-state index contributed by atoms with van der Waals surface area (Å²) in [7, 11) is -3.15. The molecule has 2 rings (SSSR count). The molecule has 2 aliphatic heterocycles. The number of unbranched alkanes of at least 4 members (excludes halogenated alkanes) is 3. The number of carboxylic acids is 1. The van der Waals surface area contributed by atoms with Gasteiger partial charge in [-0.05, 0) is 38.5 Å². The average molecular weight is 347 g/mol. The first-order chi connectivity index (χ1) is 10.9. The molecule has 134 valence electrons. The Morgan fingerprint density at radius 2 is 1.78 bits per heavy atom. The number of fused-ring (bicyclic) bond motifs is 2. The van der Waals surface area contributed by atoms with Gasteiger partial charge in [0.25, 0.3) is 0 Å². The van der Waals surface area contributed by atoms with Gasteiger partial charge in [0.1, 0.15) is 0 Å². The fraction of sp³-hybridized carbons (Fsp3) is 0.938. The van der Waals surface area contributed by atoms with E-state index in [-0.39, 0.29) is 30.3 Å². The van der Waals surface area contributed by atoms with E-state index in [2.05, 4.69) is 4.72 Å². The third-order valence-electron chi connectivity index (χ3n) is 5.19. The van der Waals surface area contributed by atoms with Crippen LogP contribution in [0.5, 0.6) is 0 Å². The zero-order valence-electron chi connectivity index (χ0n) is 13.9. The monoisotopic (exact) mass is 347 g/mol. The number of aliphatic carboxylic acids is 1. The molecule has 0 aliphatic carbocycles. The Balaban J connectivity index is 1.74. The lowest BCUT2D eigenvalue weighted by molar-refractivity contribution is -0.137. The van der Waals surface area contributed by atoms with Crippen molar-refractivity contribution >= 4 is 16.0 Å².